The lowest BCUT2D eigenvalue weighted by Gasteiger charge is -2.30. The van der Waals surface area contributed by atoms with Crippen LogP contribution in [0.25, 0.3) is 0 Å². The fraction of sp³-hybridized carbons (Fsp3) is 0.519. The van der Waals surface area contributed by atoms with Crippen molar-refractivity contribution in [1.82, 2.24) is 15.6 Å². The van der Waals surface area contributed by atoms with Crippen LogP contribution in [0.4, 0.5) is 0 Å². The van der Waals surface area contributed by atoms with Crippen molar-refractivity contribution in [3.05, 3.63) is 65.0 Å². The average Bonchev–Trinajstić information content (AvgIpc) is 3.21. The standard InChI is InChI=1S/C27H37N3O2/c1-25(2,3)21-16-20(17-22(29-21)26(4,5)6)23(31)30-27(14-10-11-15-27)24(32)28-18-19-12-8-7-9-13-19/h7-9,12-13,16-17H,10-11,14-15,18H2,1-6H3,(H,28,32)(H,30,31). The molecule has 1 aliphatic carbocycles. The molecule has 3 rings (SSSR count). The molecule has 32 heavy (non-hydrogen) atoms. The third kappa shape index (κ3) is 5.56. The van der Waals surface area contributed by atoms with Crippen molar-refractivity contribution in [3.8, 4) is 0 Å². The second-order valence-electron chi connectivity index (χ2n) is 11.0. The number of nitrogens with zero attached hydrogens (tertiary/aromatic N) is 1. The van der Waals surface area contributed by atoms with E-state index in [0.29, 0.717) is 24.9 Å². The Morgan fingerprint density at radius 3 is 1.94 bits per heavy atom. The molecule has 0 unspecified atom stereocenters. The van der Waals surface area contributed by atoms with Gasteiger partial charge in [0.05, 0.1) is 0 Å². The highest BCUT2D eigenvalue weighted by atomic mass is 16.2. The van der Waals surface area contributed by atoms with Gasteiger partial charge in [0, 0.05) is 34.3 Å². The minimum absolute atomic E-state index is 0.103. The van der Waals surface area contributed by atoms with Crippen LogP contribution in [-0.2, 0) is 22.2 Å². The maximum atomic E-state index is 13.4. The van der Waals surface area contributed by atoms with Gasteiger partial charge >= 0.3 is 0 Å². The Morgan fingerprint density at radius 1 is 0.906 bits per heavy atom. The molecule has 0 atom stereocenters. The summed E-state index contributed by atoms with van der Waals surface area (Å²) >= 11 is 0. The predicted octanol–water partition coefficient (Wildman–Crippen LogP) is 5.04. The molecule has 2 aromatic rings. The molecule has 0 saturated heterocycles. The normalized spacial score (nSPS) is 15.9. The topological polar surface area (TPSA) is 71.1 Å². The van der Waals surface area contributed by atoms with Gasteiger partial charge in [-0.1, -0.05) is 84.7 Å². The summed E-state index contributed by atoms with van der Waals surface area (Å²) in [5.74, 6) is -0.312. The Hall–Kier alpha value is -2.69. The summed E-state index contributed by atoms with van der Waals surface area (Å²) in [5, 5.41) is 6.17. The Balaban J connectivity index is 1.85. The zero-order chi connectivity index (χ0) is 23.6. The summed E-state index contributed by atoms with van der Waals surface area (Å²) in [7, 11) is 0. The maximum Gasteiger partial charge on any atom is 0.252 e. The van der Waals surface area contributed by atoms with Gasteiger partial charge in [0.1, 0.15) is 5.54 Å². The van der Waals surface area contributed by atoms with Gasteiger partial charge in [-0.3, -0.25) is 14.6 Å². The molecule has 1 aliphatic rings. The second kappa shape index (κ2) is 9.05. The van der Waals surface area contributed by atoms with E-state index in [0.717, 1.165) is 29.8 Å². The number of amides is 2. The summed E-state index contributed by atoms with van der Waals surface area (Å²) in [6.45, 7) is 13.0. The van der Waals surface area contributed by atoms with Gasteiger partial charge in [0.2, 0.25) is 5.91 Å². The molecule has 1 fully saturated rings. The van der Waals surface area contributed by atoms with Crippen LogP contribution in [0.5, 0.6) is 0 Å². The van der Waals surface area contributed by atoms with Gasteiger partial charge in [-0.2, -0.15) is 0 Å². The number of hydrogen-bond donors (Lipinski definition) is 2. The van der Waals surface area contributed by atoms with Crippen LogP contribution < -0.4 is 10.6 Å². The Morgan fingerprint density at radius 2 is 1.44 bits per heavy atom. The molecule has 0 spiro atoms. The number of carbonyl (C=O) groups is 2. The minimum Gasteiger partial charge on any atom is -0.350 e. The summed E-state index contributed by atoms with van der Waals surface area (Å²) in [6.07, 6.45) is 3.16. The van der Waals surface area contributed by atoms with E-state index in [-0.39, 0.29) is 22.6 Å². The quantitative estimate of drug-likeness (QED) is 0.691. The van der Waals surface area contributed by atoms with Crippen molar-refractivity contribution in [3.63, 3.8) is 0 Å². The molecule has 5 heteroatoms. The highest BCUT2D eigenvalue weighted by molar-refractivity contribution is 5.99. The number of hydrogen-bond acceptors (Lipinski definition) is 3. The summed E-state index contributed by atoms with van der Waals surface area (Å²) < 4.78 is 0. The molecule has 5 nitrogen and oxygen atoms in total. The van der Waals surface area contributed by atoms with Gasteiger partial charge in [0.15, 0.2) is 0 Å². The lowest BCUT2D eigenvalue weighted by Crippen LogP contribution is -2.57. The van der Waals surface area contributed by atoms with E-state index in [1.807, 2.05) is 42.5 Å². The molecular weight excluding hydrogens is 398 g/mol. The van der Waals surface area contributed by atoms with Crippen molar-refractivity contribution in [1.29, 1.82) is 0 Å². The van der Waals surface area contributed by atoms with Gasteiger partial charge in [-0.25, -0.2) is 0 Å². The zero-order valence-corrected chi connectivity index (χ0v) is 20.3. The molecule has 2 N–H and O–H groups in total. The number of nitrogens with one attached hydrogen (secondary N) is 2. The lowest BCUT2D eigenvalue weighted by atomic mass is 9.86. The van der Waals surface area contributed by atoms with Crippen molar-refractivity contribution in [2.45, 2.75) is 90.1 Å². The minimum atomic E-state index is -0.862. The third-order valence-electron chi connectivity index (χ3n) is 6.16. The third-order valence-corrected chi connectivity index (χ3v) is 6.16. The summed E-state index contributed by atoms with van der Waals surface area (Å²) in [4.78, 5) is 31.5. The van der Waals surface area contributed by atoms with Crippen LogP contribution in [0.15, 0.2) is 42.5 Å². The highest BCUT2D eigenvalue weighted by Crippen LogP contribution is 2.32. The first-order chi connectivity index (χ1) is 14.9. The molecule has 1 aromatic carbocycles. The summed E-state index contributed by atoms with van der Waals surface area (Å²) in [5.41, 5.74) is 2.13. The molecule has 1 aromatic heterocycles. The largest absolute Gasteiger partial charge is 0.350 e. The molecule has 2 amide bonds. The smallest absolute Gasteiger partial charge is 0.252 e. The Labute approximate surface area is 192 Å². The molecule has 172 valence electrons. The van der Waals surface area contributed by atoms with Crippen LogP contribution in [-0.4, -0.2) is 22.3 Å². The number of pyridine rings is 1. The molecule has 0 bridgehead atoms. The number of benzene rings is 1. The number of carbonyl (C=O) groups excluding carboxylic acids is 2. The van der Waals surface area contributed by atoms with Crippen molar-refractivity contribution in [2.24, 2.45) is 0 Å². The van der Waals surface area contributed by atoms with Crippen LogP contribution >= 0.6 is 0 Å². The van der Waals surface area contributed by atoms with Crippen LogP contribution in [0.2, 0.25) is 0 Å². The van der Waals surface area contributed by atoms with E-state index in [1.54, 1.807) is 0 Å². The van der Waals surface area contributed by atoms with Crippen molar-refractivity contribution >= 4 is 11.8 Å². The van der Waals surface area contributed by atoms with E-state index in [2.05, 4.69) is 52.2 Å². The monoisotopic (exact) mass is 435 g/mol. The van der Waals surface area contributed by atoms with Crippen molar-refractivity contribution in [2.75, 3.05) is 0 Å². The van der Waals surface area contributed by atoms with Gasteiger partial charge in [-0.15, -0.1) is 0 Å². The summed E-state index contributed by atoms with van der Waals surface area (Å²) in [6, 6.07) is 13.6. The van der Waals surface area contributed by atoms with Gasteiger partial charge in [-0.05, 0) is 30.5 Å². The lowest BCUT2D eigenvalue weighted by molar-refractivity contribution is -0.127. The Kier molecular flexibility index (Phi) is 6.77. The fourth-order valence-electron chi connectivity index (χ4n) is 4.05. The zero-order valence-electron chi connectivity index (χ0n) is 20.3. The van der Waals surface area contributed by atoms with E-state index in [4.69, 9.17) is 4.98 Å². The van der Waals surface area contributed by atoms with E-state index < -0.39 is 5.54 Å². The average molecular weight is 436 g/mol. The van der Waals surface area contributed by atoms with E-state index in [9.17, 15) is 9.59 Å². The van der Waals surface area contributed by atoms with E-state index in [1.165, 1.54) is 0 Å². The highest BCUT2D eigenvalue weighted by Gasteiger charge is 2.42. The van der Waals surface area contributed by atoms with Gasteiger partial charge < -0.3 is 10.6 Å². The fourth-order valence-corrected chi connectivity index (χ4v) is 4.05. The maximum absolute atomic E-state index is 13.4. The molecule has 0 radical (unpaired) electrons. The number of aromatic nitrogens is 1. The molecule has 0 aliphatic heterocycles. The first kappa shape index (κ1) is 24.0. The molecule has 1 saturated carbocycles. The molecular formula is C27H37N3O2. The first-order valence-electron chi connectivity index (χ1n) is 11.6. The first-order valence-corrected chi connectivity index (χ1v) is 11.6. The Bertz CT molecular complexity index is 930. The van der Waals surface area contributed by atoms with Gasteiger partial charge in [0.25, 0.3) is 5.91 Å². The molecule has 1 heterocycles. The van der Waals surface area contributed by atoms with E-state index >= 15 is 0 Å². The van der Waals surface area contributed by atoms with Crippen LogP contribution in [0, 0.1) is 0 Å². The van der Waals surface area contributed by atoms with Crippen LogP contribution in [0.3, 0.4) is 0 Å². The van der Waals surface area contributed by atoms with Crippen molar-refractivity contribution < 1.29 is 9.59 Å². The second-order valence-corrected chi connectivity index (χ2v) is 11.0. The number of rotatable bonds is 5. The predicted molar refractivity (Wildman–Crippen MR) is 129 cm³/mol. The SMILES string of the molecule is CC(C)(C)c1cc(C(=O)NC2(C(=O)NCc3ccccc3)CCCC2)cc(C(C)(C)C)n1. The van der Waals surface area contributed by atoms with Crippen LogP contribution in [0.1, 0.15) is 94.5 Å².